The molecule has 1 aliphatic heterocycles. The van der Waals surface area contributed by atoms with Gasteiger partial charge in [0.25, 0.3) is 5.69 Å². The molecule has 7 nitrogen and oxygen atoms in total. The van der Waals surface area contributed by atoms with Gasteiger partial charge in [0.05, 0.1) is 16.6 Å². The molecular weight excluding hydrogens is 350 g/mol. The zero-order chi connectivity index (χ0) is 19.0. The van der Waals surface area contributed by atoms with E-state index in [9.17, 15) is 10.1 Å². The quantitative estimate of drug-likeness (QED) is 0.457. The fourth-order valence-electron chi connectivity index (χ4n) is 3.26. The molecule has 140 valence electrons. The second-order valence-electron chi connectivity index (χ2n) is 6.27. The van der Waals surface area contributed by atoms with Gasteiger partial charge >= 0.3 is 0 Å². The highest BCUT2D eigenvalue weighted by Gasteiger charge is 2.33. The number of rotatable bonds is 6. The number of hydrogen-bond donors (Lipinski definition) is 0. The van der Waals surface area contributed by atoms with Crippen LogP contribution in [-0.4, -0.2) is 11.7 Å². The number of ether oxygens (including phenoxy) is 2. The molecule has 0 N–H and O–H groups in total. The van der Waals surface area contributed by atoms with Gasteiger partial charge in [-0.3, -0.25) is 10.1 Å². The molecule has 0 amide bonds. The zero-order valence-corrected chi connectivity index (χ0v) is 15.1. The second-order valence-corrected chi connectivity index (χ2v) is 6.27. The fraction of sp³-hybridized carbons (Fsp3) is 0.300. The van der Waals surface area contributed by atoms with Crippen LogP contribution >= 0.6 is 0 Å². The predicted octanol–water partition coefficient (Wildman–Crippen LogP) is 4.81. The Morgan fingerprint density at radius 3 is 2.00 bits per heavy atom. The van der Waals surface area contributed by atoms with Gasteiger partial charge in [0.15, 0.2) is 11.5 Å². The standard InChI is InChI=1S/C20H19NO6/c1-3-12-5-7-16(26-12)20(17-8-6-13(4-2)27-17)14-9-18-19(25-11-24-18)10-15(14)21(22)23/h5-10,20H,3-4,11H2,1-2H3. The fourth-order valence-corrected chi connectivity index (χ4v) is 3.26. The maximum absolute atomic E-state index is 11.8. The molecule has 3 aromatic rings. The van der Waals surface area contributed by atoms with Gasteiger partial charge in [-0.05, 0) is 30.3 Å². The van der Waals surface area contributed by atoms with Crippen molar-refractivity contribution in [2.75, 3.05) is 6.79 Å². The first kappa shape index (κ1) is 17.2. The van der Waals surface area contributed by atoms with E-state index in [4.69, 9.17) is 18.3 Å². The van der Waals surface area contributed by atoms with Gasteiger partial charge in [0.2, 0.25) is 6.79 Å². The maximum atomic E-state index is 11.8. The van der Waals surface area contributed by atoms with Crippen molar-refractivity contribution in [1.82, 2.24) is 0 Å². The molecule has 27 heavy (non-hydrogen) atoms. The van der Waals surface area contributed by atoms with Crippen LogP contribution in [0.25, 0.3) is 0 Å². The summed E-state index contributed by atoms with van der Waals surface area (Å²) >= 11 is 0. The van der Waals surface area contributed by atoms with Gasteiger partial charge in [0.1, 0.15) is 29.0 Å². The number of nitro groups is 1. The molecule has 0 fully saturated rings. The van der Waals surface area contributed by atoms with Crippen molar-refractivity contribution in [3.8, 4) is 11.5 Å². The minimum Gasteiger partial charge on any atom is -0.465 e. The van der Waals surface area contributed by atoms with E-state index in [1.807, 2.05) is 38.1 Å². The van der Waals surface area contributed by atoms with Crippen LogP contribution in [-0.2, 0) is 12.8 Å². The molecule has 0 radical (unpaired) electrons. The molecule has 0 spiro atoms. The first-order valence-corrected chi connectivity index (χ1v) is 8.85. The lowest BCUT2D eigenvalue weighted by Crippen LogP contribution is -2.05. The van der Waals surface area contributed by atoms with Crippen molar-refractivity contribution >= 4 is 5.69 Å². The number of fused-ring (bicyclic) bond motifs is 1. The predicted molar refractivity (Wildman–Crippen MR) is 96.3 cm³/mol. The third kappa shape index (κ3) is 3.05. The van der Waals surface area contributed by atoms with Crippen LogP contribution in [0.4, 0.5) is 5.69 Å². The molecule has 0 aliphatic carbocycles. The molecule has 0 bridgehead atoms. The molecule has 0 unspecified atom stereocenters. The summed E-state index contributed by atoms with van der Waals surface area (Å²) in [5.74, 6) is 3.08. The Morgan fingerprint density at radius 1 is 0.963 bits per heavy atom. The van der Waals surface area contributed by atoms with E-state index in [1.54, 1.807) is 6.07 Å². The summed E-state index contributed by atoms with van der Waals surface area (Å²) in [5, 5.41) is 11.8. The van der Waals surface area contributed by atoms with Gasteiger partial charge < -0.3 is 18.3 Å². The summed E-state index contributed by atoms with van der Waals surface area (Å²) in [6.45, 7) is 4.02. The molecule has 1 aromatic carbocycles. The van der Waals surface area contributed by atoms with Crippen molar-refractivity contribution in [3.63, 3.8) is 0 Å². The molecule has 7 heteroatoms. The molecule has 0 atom stereocenters. The second kappa shape index (κ2) is 6.83. The molecule has 2 aromatic heterocycles. The highest BCUT2D eigenvalue weighted by Crippen LogP contribution is 2.45. The first-order chi connectivity index (χ1) is 13.1. The SMILES string of the molecule is CCc1ccc(C(c2ccc(CC)o2)c2cc3c(cc2[N+](=O)[O-])OCO3)o1. The lowest BCUT2D eigenvalue weighted by Gasteiger charge is -2.14. The number of furan rings is 2. The van der Waals surface area contributed by atoms with Crippen LogP contribution in [0.1, 0.15) is 48.4 Å². The lowest BCUT2D eigenvalue weighted by atomic mass is 9.92. The summed E-state index contributed by atoms with van der Waals surface area (Å²) in [6.07, 6.45) is 1.46. The third-order valence-electron chi connectivity index (χ3n) is 4.66. The molecule has 1 aliphatic rings. The van der Waals surface area contributed by atoms with Crippen LogP contribution in [0.3, 0.4) is 0 Å². The molecule has 0 saturated carbocycles. The van der Waals surface area contributed by atoms with Crippen molar-refractivity contribution in [1.29, 1.82) is 0 Å². The Balaban J connectivity index is 1.91. The van der Waals surface area contributed by atoms with Crippen LogP contribution in [0.15, 0.2) is 45.2 Å². The topological polar surface area (TPSA) is 87.9 Å². The van der Waals surface area contributed by atoms with E-state index in [1.165, 1.54) is 6.07 Å². The zero-order valence-electron chi connectivity index (χ0n) is 15.1. The average Bonchev–Trinajstić information content (AvgIpc) is 3.41. The van der Waals surface area contributed by atoms with Gasteiger partial charge in [-0.15, -0.1) is 0 Å². The highest BCUT2D eigenvalue weighted by molar-refractivity contribution is 5.59. The summed E-state index contributed by atoms with van der Waals surface area (Å²) in [6, 6.07) is 10.5. The smallest absolute Gasteiger partial charge is 0.277 e. The summed E-state index contributed by atoms with van der Waals surface area (Å²) < 4.78 is 22.6. The molecular formula is C20H19NO6. The third-order valence-corrected chi connectivity index (χ3v) is 4.66. The summed E-state index contributed by atoms with van der Waals surface area (Å²) in [4.78, 5) is 11.3. The van der Waals surface area contributed by atoms with Gasteiger partial charge in [0, 0.05) is 12.8 Å². The summed E-state index contributed by atoms with van der Waals surface area (Å²) in [5.41, 5.74) is 0.381. The number of benzene rings is 1. The van der Waals surface area contributed by atoms with Gasteiger partial charge in [-0.2, -0.15) is 0 Å². The Kier molecular flexibility index (Phi) is 4.35. The van der Waals surface area contributed by atoms with E-state index >= 15 is 0 Å². The number of nitrogens with zero attached hydrogens (tertiary/aromatic N) is 1. The molecule has 3 heterocycles. The highest BCUT2D eigenvalue weighted by atomic mass is 16.7. The Morgan fingerprint density at radius 2 is 1.52 bits per heavy atom. The van der Waals surface area contributed by atoms with E-state index < -0.39 is 10.8 Å². The van der Waals surface area contributed by atoms with E-state index in [-0.39, 0.29) is 12.5 Å². The van der Waals surface area contributed by atoms with Gasteiger partial charge in [-0.25, -0.2) is 0 Å². The van der Waals surface area contributed by atoms with Crippen molar-refractivity contribution in [3.05, 3.63) is 75.1 Å². The Bertz CT molecular complexity index is 944. The normalized spacial score (nSPS) is 12.7. The lowest BCUT2D eigenvalue weighted by molar-refractivity contribution is -0.385. The van der Waals surface area contributed by atoms with Crippen LogP contribution in [0.5, 0.6) is 11.5 Å². The Labute approximate surface area is 155 Å². The maximum Gasteiger partial charge on any atom is 0.277 e. The first-order valence-electron chi connectivity index (χ1n) is 8.85. The molecule has 0 saturated heterocycles. The average molecular weight is 369 g/mol. The number of hydrogen-bond acceptors (Lipinski definition) is 6. The Hall–Kier alpha value is -3.22. The van der Waals surface area contributed by atoms with E-state index in [0.717, 1.165) is 24.4 Å². The van der Waals surface area contributed by atoms with Crippen LogP contribution in [0, 0.1) is 10.1 Å². The van der Waals surface area contributed by atoms with Crippen molar-refractivity contribution < 1.29 is 23.2 Å². The number of nitro benzene ring substituents is 1. The summed E-state index contributed by atoms with van der Waals surface area (Å²) in [7, 11) is 0. The largest absolute Gasteiger partial charge is 0.465 e. The monoisotopic (exact) mass is 369 g/mol. The van der Waals surface area contributed by atoms with Crippen molar-refractivity contribution in [2.24, 2.45) is 0 Å². The van der Waals surface area contributed by atoms with Crippen molar-refractivity contribution in [2.45, 2.75) is 32.6 Å². The van der Waals surface area contributed by atoms with E-state index in [0.29, 0.717) is 28.6 Å². The van der Waals surface area contributed by atoms with Crippen LogP contribution < -0.4 is 9.47 Å². The minimum atomic E-state index is -0.555. The van der Waals surface area contributed by atoms with E-state index in [2.05, 4.69) is 0 Å². The number of aryl methyl sites for hydroxylation is 2. The van der Waals surface area contributed by atoms with Crippen LogP contribution in [0.2, 0.25) is 0 Å². The minimum absolute atomic E-state index is 0.0437. The molecule has 4 rings (SSSR count). The van der Waals surface area contributed by atoms with Gasteiger partial charge in [-0.1, -0.05) is 13.8 Å².